The fourth-order valence-corrected chi connectivity index (χ4v) is 3.40. The smallest absolute Gasteiger partial charge is 0.405 e. The Hall–Kier alpha value is -3.87. The Morgan fingerprint density at radius 3 is 2.90 bits per heavy atom. The van der Waals surface area contributed by atoms with Crippen LogP contribution >= 0.6 is 0 Å². The fourth-order valence-electron chi connectivity index (χ4n) is 3.40. The number of hydrogen-bond acceptors (Lipinski definition) is 7. The van der Waals surface area contributed by atoms with Gasteiger partial charge in [-0.25, -0.2) is 9.78 Å². The van der Waals surface area contributed by atoms with Crippen LogP contribution in [-0.2, 0) is 11.2 Å². The van der Waals surface area contributed by atoms with Crippen LogP contribution in [0.3, 0.4) is 0 Å². The van der Waals surface area contributed by atoms with Crippen molar-refractivity contribution in [3.05, 3.63) is 41.6 Å². The summed E-state index contributed by atoms with van der Waals surface area (Å²) in [5.41, 5.74) is 2.19. The summed E-state index contributed by atoms with van der Waals surface area (Å²) < 4.78 is 0. The summed E-state index contributed by atoms with van der Waals surface area (Å²) in [6, 6.07) is 11.1. The fraction of sp³-hybridized carbons (Fsp3) is 0.381. The molecule has 2 aromatic rings. The summed E-state index contributed by atoms with van der Waals surface area (Å²) in [4.78, 5) is 33.7. The van der Waals surface area contributed by atoms with E-state index in [0.717, 1.165) is 36.5 Å². The summed E-state index contributed by atoms with van der Waals surface area (Å²) in [5.74, 6) is 0.857. The monoisotopic (exact) mass is 423 g/mol. The Balaban J connectivity index is 1.71. The van der Waals surface area contributed by atoms with Crippen LogP contribution in [0.5, 0.6) is 0 Å². The molecule has 0 saturated carbocycles. The molecule has 10 nitrogen and oxygen atoms in total. The lowest BCUT2D eigenvalue weighted by Crippen LogP contribution is -2.42. The van der Waals surface area contributed by atoms with E-state index < -0.39 is 6.09 Å². The lowest BCUT2D eigenvalue weighted by Gasteiger charge is -2.20. The van der Waals surface area contributed by atoms with E-state index in [4.69, 9.17) is 10.4 Å². The van der Waals surface area contributed by atoms with Gasteiger partial charge in [0, 0.05) is 36.6 Å². The van der Waals surface area contributed by atoms with Gasteiger partial charge in [-0.15, -0.1) is 0 Å². The van der Waals surface area contributed by atoms with E-state index >= 15 is 0 Å². The van der Waals surface area contributed by atoms with Crippen LogP contribution in [0.15, 0.2) is 30.3 Å². The standard InChI is InChI=1S/C21H25N7O3/c1-2-4-15-10-18(27-20(25-15)26-16-6-3-5-14(9-16)11-22)28-8-7-17(13-28)24-19(29)12-23-21(30)31/h3,5-6,9-10,17,23H,2,4,7-8,12-13H2,1H3,(H,24,29)(H,30,31)(H,25,26,27)/t17-/m0/s1. The number of aromatic nitrogens is 2. The second-order valence-electron chi connectivity index (χ2n) is 7.27. The zero-order valence-electron chi connectivity index (χ0n) is 17.3. The number of amides is 2. The van der Waals surface area contributed by atoms with Gasteiger partial charge in [0.1, 0.15) is 5.82 Å². The van der Waals surface area contributed by atoms with Crippen molar-refractivity contribution in [2.45, 2.75) is 32.2 Å². The molecule has 1 aromatic carbocycles. The second kappa shape index (κ2) is 10.2. The Morgan fingerprint density at radius 1 is 1.32 bits per heavy atom. The van der Waals surface area contributed by atoms with Gasteiger partial charge in [0.25, 0.3) is 0 Å². The number of benzene rings is 1. The number of nitriles is 1. The summed E-state index contributed by atoms with van der Waals surface area (Å²) in [6.07, 6.45) is 1.25. The molecule has 4 N–H and O–H groups in total. The van der Waals surface area contributed by atoms with E-state index in [1.807, 2.05) is 12.1 Å². The number of carbonyl (C=O) groups excluding carboxylic acids is 1. The highest BCUT2D eigenvalue weighted by Crippen LogP contribution is 2.23. The average Bonchev–Trinajstić information content (AvgIpc) is 3.21. The molecule has 0 spiro atoms. The Morgan fingerprint density at radius 2 is 2.16 bits per heavy atom. The first-order chi connectivity index (χ1) is 15.0. The van der Waals surface area contributed by atoms with Crippen LogP contribution in [0.25, 0.3) is 0 Å². The Labute approximate surface area is 180 Å². The predicted octanol–water partition coefficient (Wildman–Crippen LogP) is 2.01. The summed E-state index contributed by atoms with van der Waals surface area (Å²) >= 11 is 0. The van der Waals surface area contributed by atoms with Gasteiger partial charge in [-0.3, -0.25) is 4.79 Å². The van der Waals surface area contributed by atoms with E-state index in [-0.39, 0.29) is 18.5 Å². The minimum absolute atomic E-state index is 0.0867. The van der Waals surface area contributed by atoms with Gasteiger partial charge < -0.3 is 26.0 Å². The highest BCUT2D eigenvalue weighted by atomic mass is 16.4. The molecule has 10 heteroatoms. The maximum Gasteiger partial charge on any atom is 0.405 e. The number of carbonyl (C=O) groups is 2. The molecule has 1 aliphatic rings. The third-order valence-corrected chi connectivity index (χ3v) is 4.80. The van der Waals surface area contributed by atoms with Crippen LogP contribution in [0.2, 0.25) is 0 Å². The molecular weight excluding hydrogens is 398 g/mol. The van der Waals surface area contributed by atoms with E-state index in [1.54, 1.807) is 18.2 Å². The van der Waals surface area contributed by atoms with Crippen molar-refractivity contribution in [2.75, 3.05) is 29.9 Å². The number of hydrogen-bond donors (Lipinski definition) is 4. The van der Waals surface area contributed by atoms with E-state index in [1.165, 1.54) is 0 Å². The quantitative estimate of drug-likeness (QED) is 0.505. The van der Waals surface area contributed by atoms with Gasteiger partial charge in [-0.2, -0.15) is 10.2 Å². The van der Waals surface area contributed by atoms with Gasteiger partial charge in [0.05, 0.1) is 18.2 Å². The van der Waals surface area contributed by atoms with Crippen molar-refractivity contribution in [1.29, 1.82) is 5.26 Å². The number of aryl methyl sites for hydroxylation is 1. The van der Waals surface area contributed by atoms with E-state index in [2.05, 4.69) is 43.8 Å². The predicted molar refractivity (Wildman–Crippen MR) is 115 cm³/mol. The van der Waals surface area contributed by atoms with Gasteiger partial charge in [0.15, 0.2) is 0 Å². The normalized spacial score (nSPS) is 15.2. The number of anilines is 3. The zero-order chi connectivity index (χ0) is 22.2. The van der Waals surface area contributed by atoms with Crippen molar-refractivity contribution in [2.24, 2.45) is 0 Å². The van der Waals surface area contributed by atoms with Crippen molar-refractivity contribution in [3.63, 3.8) is 0 Å². The molecule has 1 atom stereocenters. The van der Waals surface area contributed by atoms with Gasteiger partial charge in [-0.1, -0.05) is 19.4 Å². The van der Waals surface area contributed by atoms with Crippen LogP contribution in [0.1, 0.15) is 31.0 Å². The van der Waals surface area contributed by atoms with Gasteiger partial charge in [0.2, 0.25) is 11.9 Å². The van der Waals surface area contributed by atoms with Gasteiger partial charge in [-0.05, 0) is 31.0 Å². The molecule has 1 aromatic heterocycles. The van der Waals surface area contributed by atoms with Crippen molar-refractivity contribution >= 4 is 29.5 Å². The molecule has 162 valence electrons. The Kier molecular flexibility index (Phi) is 7.22. The first-order valence-electron chi connectivity index (χ1n) is 10.1. The molecule has 1 aliphatic heterocycles. The van der Waals surface area contributed by atoms with Crippen LogP contribution < -0.4 is 20.9 Å². The topological polar surface area (TPSA) is 143 Å². The summed E-state index contributed by atoms with van der Waals surface area (Å²) in [7, 11) is 0. The van der Waals surface area contributed by atoms with Crippen LogP contribution in [0, 0.1) is 11.3 Å². The number of nitrogens with zero attached hydrogens (tertiary/aromatic N) is 4. The van der Waals surface area contributed by atoms with Crippen molar-refractivity contribution in [3.8, 4) is 6.07 Å². The third kappa shape index (κ3) is 6.30. The molecule has 3 rings (SSSR count). The summed E-state index contributed by atoms with van der Waals surface area (Å²) in [6.45, 7) is 3.10. The molecule has 1 saturated heterocycles. The average molecular weight is 423 g/mol. The third-order valence-electron chi connectivity index (χ3n) is 4.80. The van der Waals surface area contributed by atoms with Crippen molar-refractivity contribution in [1.82, 2.24) is 20.6 Å². The molecule has 1 fully saturated rings. The SMILES string of the molecule is CCCc1cc(N2CC[C@H](NC(=O)CNC(=O)O)C2)nc(Nc2cccc(C#N)c2)n1. The van der Waals surface area contributed by atoms with Gasteiger partial charge >= 0.3 is 6.09 Å². The van der Waals surface area contributed by atoms with E-state index in [9.17, 15) is 9.59 Å². The highest BCUT2D eigenvalue weighted by Gasteiger charge is 2.25. The molecule has 0 bridgehead atoms. The number of rotatable bonds is 8. The molecule has 31 heavy (non-hydrogen) atoms. The molecule has 2 amide bonds. The maximum absolute atomic E-state index is 11.9. The van der Waals surface area contributed by atoms with Crippen LogP contribution in [0.4, 0.5) is 22.2 Å². The van der Waals surface area contributed by atoms with Crippen LogP contribution in [-0.4, -0.2) is 52.8 Å². The number of carboxylic acid groups (broad SMARTS) is 1. The maximum atomic E-state index is 11.9. The molecule has 2 heterocycles. The molecule has 0 aliphatic carbocycles. The summed E-state index contributed by atoms with van der Waals surface area (Å²) in [5, 5.41) is 25.8. The largest absolute Gasteiger partial charge is 0.465 e. The minimum Gasteiger partial charge on any atom is -0.465 e. The highest BCUT2D eigenvalue weighted by molar-refractivity contribution is 5.82. The number of nitrogens with one attached hydrogen (secondary N) is 3. The lowest BCUT2D eigenvalue weighted by atomic mass is 10.2. The molecule has 0 unspecified atom stereocenters. The molecular formula is C21H25N7O3. The molecule has 0 radical (unpaired) electrons. The van der Waals surface area contributed by atoms with E-state index in [0.29, 0.717) is 24.6 Å². The zero-order valence-corrected chi connectivity index (χ0v) is 17.3. The first-order valence-corrected chi connectivity index (χ1v) is 10.1. The van der Waals surface area contributed by atoms with Crippen molar-refractivity contribution < 1.29 is 14.7 Å². The first kappa shape index (κ1) is 21.8. The lowest BCUT2D eigenvalue weighted by molar-refractivity contribution is -0.120. The second-order valence-corrected chi connectivity index (χ2v) is 7.27. The minimum atomic E-state index is -1.23. The Bertz CT molecular complexity index is 989.